The summed E-state index contributed by atoms with van der Waals surface area (Å²) in [5, 5.41) is 21.9. The van der Waals surface area contributed by atoms with Crippen molar-refractivity contribution >= 4 is 56.9 Å². The Morgan fingerprint density at radius 2 is 2.14 bits per heavy atom. The summed E-state index contributed by atoms with van der Waals surface area (Å²) in [6.45, 7) is 0.549. The minimum atomic E-state index is -0.0532. The van der Waals surface area contributed by atoms with E-state index in [0.29, 0.717) is 23.7 Å². The molecule has 0 spiro atoms. The van der Waals surface area contributed by atoms with Gasteiger partial charge in [0, 0.05) is 43.0 Å². The third kappa shape index (κ3) is 4.13. The Kier molecular flexibility index (Phi) is 5.81. The van der Waals surface area contributed by atoms with Crippen molar-refractivity contribution in [2.75, 3.05) is 7.05 Å². The van der Waals surface area contributed by atoms with Crippen molar-refractivity contribution in [2.45, 2.75) is 19.6 Å². The molecule has 0 atom stereocenters. The summed E-state index contributed by atoms with van der Waals surface area (Å²) < 4.78 is 2.72. The molecular weight excluding hydrogens is 428 g/mol. The number of carbonyl (C=O) groups is 1. The molecule has 4 rings (SSSR count). The second-order valence-electron chi connectivity index (χ2n) is 6.29. The van der Waals surface area contributed by atoms with E-state index in [9.17, 15) is 9.90 Å². The van der Waals surface area contributed by atoms with Crippen molar-refractivity contribution in [2.24, 2.45) is 12.1 Å². The van der Waals surface area contributed by atoms with E-state index in [4.69, 9.17) is 4.98 Å². The Labute approximate surface area is 178 Å². The van der Waals surface area contributed by atoms with Crippen molar-refractivity contribution in [3.05, 3.63) is 48.9 Å². The molecule has 0 aromatic carbocycles. The molecule has 0 unspecified atom stereocenters. The van der Waals surface area contributed by atoms with Gasteiger partial charge in [0.1, 0.15) is 15.0 Å². The number of aromatic nitrogens is 4. The van der Waals surface area contributed by atoms with Gasteiger partial charge in [0.2, 0.25) is 0 Å². The van der Waals surface area contributed by atoms with Gasteiger partial charge >= 0.3 is 0 Å². The fourth-order valence-electron chi connectivity index (χ4n) is 2.89. The van der Waals surface area contributed by atoms with Crippen LogP contribution in [0.25, 0.3) is 10.3 Å². The molecule has 0 saturated heterocycles. The largest absolute Gasteiger partial charge is 0.389 e. The summed E-state index contributed by atoms with van der Waals surface area (Å²) in [4.78, 5) is 25.0. The standard InChI is InChI=1S/C18H18N6O2S3/c1-23(7-15-19-3-4-27-15)20-6-12-13(8-25)24(2)18-17(12)29-14(22-18)5-11-10-28-16(9-26)21-11/h3-4,6,8,10,26H,5,7,9H2,1-2H3/b20-6-. The number of aliphatic hydroxyl groups is 1. The molecule has 0 aliphatic carbocycles. The molecule has 29 heavy (non-hydrogen) atoms. The van der Waals surface area contributed by atoms with Crippen LogP contribution in [0.3, 0.4) is 0 Å². The number of hydrogen-bond acceptors (Lipinski definition) is 10. The van der Waals surface area contributed by atoms with Crippen molar-refractivity contribution in [1.29, 1.82) is 0 Å². The summed E-state index contributed by atoms with van der Waals surface area (Å²) >= 11 is 4.55. The molecule has 0 fully saturated rings. The predicted molar refractivity (Wildman–Crippen MR) is 116 cm³/mol. The lowest BCUT2D eigenvalue weighted by Gasteiger charge is -2.09. The average molecular weight is 447 g/mol. The highest BCUT2D eigenvalue weighted by atomic mass is 32.1. The smallest absolute Gasteiger partial charge is 0.167 e. The Morgan fingerprint density at radius 1 is 1.28 bits per heavy atom. The van der Waals surface area contributed by atoms with E-state index < -0.39 is 0 Å². The van der Waals surface area contributed by atoms with Gasteiger partial charge in [-0.1, -0.05) is 0 Å². The number of rotatable bonds is 8. The first-order valence-electron chi connectivity index (χ1n) is 8.70. The summed E-state index contributed by atoms with van der Waals surface area (Å²) in [6, 6.07) is 0. The van der Waals surface area contributed by atoms with Crippen LogP contribution < -0.4 is 0 Å². The van der Waals surface area contributed by atoms with Crippen LogP contribution >= 0.6 is 34.0 Å². The molecular formula is C18H18N6O2S3. The number of aryl methyl sites for hydroxylation is 1. The number of fused-ring (bicyclic) bond motifs is 1. The molecule has 1 N–H and O–H groups in total. The molecule has 4 aromatic rings. The van der Waals surface area contributed by atoms with Crippen molar-refractivity contribution in [3.63, 3.8) is 0 Å². The zero-order valence-electron chi connectivity index (χ0n) is 15.8. The number of aliphatic hydroxyl groups excluding tert-OH is 1. The molecule has 4 heterocycles. The molecule has 0 aliphatic heterocycles. The fraction of sp³-hybridized carbons (Fsp3) is 0.278. The van der Waals surface area contributed by atoms with Gasteiger partial charge in [0.05, 0.1) is 35.5 Å². The average Bonchev–Trinajstić information content (AvgIpc) is 3.48. The molecule has 0 radical (unpaired) electrons. The second-order valence-corrected chi connectivity index (χ2v) is 9.30. The van der Waals surface area contributed by atoms with Crippen LogP contribution in [0.2, 0.25) is 0 Å². The summed E-state index contributed by atoms with van der Waals surface area (Å²) in [5.74, 6) is 0. The van der Waals surface area contributed by atoms with E-state index in [1.165, 1.54) is 22.7 Å². The fourth-order valence-corrected chi connectivity index (χ4v) is 5.34. The summed E-state index contributed by atoms with van der Waals surface area (Å²) in [7, 11) is 3.70. The highest BCUT2D eigenvalue weighted by Crippen LogP contribution is 2.30. The predicted octanol–water partition coefficient (Wildman–Crippen LogP) is 2.91. The van der Waals surface area contributed by atoms with Crippen LogP contribution in [0.4, 0.5) is 0 Å². The highest BCUT2D eigenvalue weighted by Gasteiger charge is 2.19. The first kappa shape index (κ1) is 19.8. The Hall–Kier alpha value is -2.47. The zero-order chi connectivity index (χ0) is 20.4. The zero-order valence-corrected chi connectivity index (χ0v) is 18.2. The van der Waals surface area contributed by atoms with Gasteiger partial charge in [-0.15, -0.1) is 34.0 Å². The molecule has 0 aliphatic rings. The summed E-state index contributed by atoms with van der Waals surface area (Å²) in [5.41, 5.74) is 2.95. The highest BCUT2D eigenvalue weighted by molar-refractivity contribution is 7.19. The molecule has 11 heteroatoms. The number of hydrazone groups is 1. The lowest BCUT2D eigenvalue weighted by molar-refractivity contribution is 0.111. The van der Waals surface area contributed by atoms with Crippen molar-refractivity contribution in [3.8, 4) is 0 Å². The Bertz CT molecular complexity index is 1160. The van der Waals surface area contributed by atoms with E-state index in [2.05, 4.69) is 15.1 Å². The first-order chi connectivity index (χ1) is 14.1. The minimum Gasteiger partial charge on any atom is -0.389 e. The minimum absolute atomic E-state index is 0.0532. The van der Waals surface area contributed by atoms with E-state index in [1.54, 1.807) is 33.3 Å². The monoisotopic (exact) mass is 446 g/mol. The van der Waals surface area contributed by atoms with Gasteiger partial charge in [-0.3, -0.25) is 9.80 Å². The SMILES string of the molecule is CN(Cc1nccs1)/N=C\c1c(C=O)n(C)c2nc(Cc3csc(CO)n3)sc12. The van der Waals surface area contributed by atoms with Crippen LogP contribution in [0.15, 0.2) is 22.1 Å². The lowest BCUT2D eigenvalue weighted by Crippen LogP contribution is -2.10. The third-order valence-electron chi connectivity index (χ3n) is 4.26. The van der Waals surface area contributed by atoms with Crippen LogP contribution in [0.1, 0.15) is 36.8 Å². The lowest BCUT2D eigenvalue weighted by atomic mass is 10.3. The Morgan fingerprint density at radius 3 is 2.83 bits per heavy atom. The van der Waals surface area contributed by atoms with Crippen molar-refractivity contribution < 1.29 is 9.90 Å². The van der Waals surface area contributed by atoms with Gasteiger partial charge in [0.25, 0.3) is 0 Å². The Balaban J connectivity index is 1.62. The number of nitrogens with zero attached hydrogens (tertiary/aromatic N) is 6. The van der Waals surface area contributed by atoms with Gasteiger partial charge in [0.15, 0.2) is 11.9 Å². The summed E-state index contributed by atoms with van der Waals surface area (Å²) in [6.07, 6.45) is 4.92. The topological polar surface area (TPSA) is 96.5 Å². The molecule has 0 bridgehead atoms. The number of thiazole rings is 3. The van der Waals surface area contributed by atoms with E-state index >= 15 is 0 Å². The van der Waals surface area contributed by atoms with Crippen LogP contribution in [-0.2, 0) is 26.6 Å². The van der Waals surface area contributed by atoms with E-state index in [-0.39, 0.29) is 6.61 Å². The van der Waals surface area contributed by atoms with Gasteiger partial charge in [-0.05, 0) is 0 Å². The third-order valence-corrected chi connectivity index (χ3v) is 6.99. The number of carbonyl (C=O) groups excluding carboxylic acids is 1. The maximum Gasteiger partial charge on any atom is 0.167 e. The van der Waals surface area contributed by atoms with Crippen LogP contribution in [0, 0.1) is 0 Å². The maximum atomic E-state index is 11.7. The molecule has 4 aromatic heterocycles. The van der Waals surface area contributed by atoms with E-state index in [1.807, 2.05) is 24.9 Å². The molecule has 0 amide bonds. The molecule has 0 saturated carbocycles. The molecule has 8 nitrogen and oxygen atoms in total. The normalized spacial score (nSPS) is 11.7. The van der Waals surface area contributed by atoms with Gasteiger partial charge in [-0.25, -0.2) is 15.0 Å². The van der Waals surface area contributed by atoms with Gasteiger partial charge < -0.3 is 9.67 Å². The van der Waals surface area contributed by atoms with Crippen molar-refractivity contribution in [1.82, 2.24) is 24.5 Å². The number of aldehydes is 1. The van der Waals surface area contributed by atoms with Crippen LogP contribution in [-0.4, -0.2) is 49.2 Å². The number of hydrogen-bond donors (Lipinski definition) is 1. The maximum absolute atomic E-state index is 11.7. The van der Waals surface area contributed by atoms with Crippen LogP contribution in [0.5, 0.6) is 0 Å². The second kappa shape index (κ2) is 8.49. The van der Waals surface area contributed by atoms with E-state index in [0.717, 1.165) is 37.9 Å². The molecule has 150 valence electrons. The quantitative estimate of drug-likeness (QED) is 0.254. The first-order valence-corrected chi connectivity index (χ1v) is 11.3. The van der Waals surface area contributed by atoms with Gasteiger partial charge in [-0.2, -0.15) is 5.10 Å².